The molecule has 21 N–H and O–H groups in total. The van der Waals surface area contributed by atoms with Crippen molar-refractivity contribution in [1.82, 2.24) is 0 Å². The van der Waals surface area contributed by atoms with Crippen LogP contribution >= 0.6 is 0 Å². The molecular weight excluding hydrogens is 1400 g/mol. The monoisotopic (exact) mass is 1520 g/mol. The van der Waals surface area contributed by atoms with Crippen LogP contribution in [0.1, 0.15) is 107 Å². The molecule has 7 heterocycles. The van der Waals surface area contributed by atoms with E-state index in [0.717, 1.165) is 5.57 Å². The molecule has 42 atom stereocenters. The Kier molecular flexibility index (Phi) is 24.0. The number of carbonyl (C=O) groups excluding carboxylic acids is 1. The van der Waals surface area contributed by atoms with Gasteiger partial charge in [0.2, 0.25) is 6.29 Å². The molecule has 12 rings (SSSR count). The van der Waals surface area contributed by atoms with Crippen molar-refractivity contribution in [3.63, 3.8) is 0 Å². The lowest BCUT2D eigenvalue weighted by Gasteiger charge is -2.72. The van der Waals surface area contributed by atoms with Crippen LogP contribution in [-0.4, -0.2) is 368 Å². The molecule has 0 spiro atoms. The van der Waals surface area contributed by atoms with E-state index in [0.29, 0.717) is 32.1 Å². The van der Waals surface area contributed by atoms with Crippen molar-refractivity contribution in [1.29, 1.82) is 0 Å². The third kappa shape index (κ3) is 14.2. The normalized spacial score (nSPS) is 55.8. The van der Waals surface area contributed by atoms with E-state index in [2.05, 4.69) is 33.8 Å². The Balaban J connectivity index is 0.781. The molecule has 0 aromatic carbocycles. The van der Waals surface area contributed by atoms with Gasteiger partial charge in [-0.05, 0) is 98.7 Å². The second-order valence-corrected chi connectivity index (χ2v) is 33.7. The van der Waals surface area contributed by atoms with Crippen LogP contribution in [0, 0.1) is 50.2 Å². The van der Waals surface area contributed by atoms with E-state index in [4.69, 9.17) is 66.3 Å². The summed E-state index contributed by atoms with van der Waals surface area (Å²) in [6.45, 7) is 9.94. The van der Waals surface area contributed by atoms with Gasteiger partial charge < -0.3 is 174 Å². The summed E-state index contributed by atoms with van der Waals surface area (Å²) >= 11 is 0. The zero-order valence-electron chi connectivity index (χ0n) is 60.0. The fourth-order valence-electron chi connectivity index (χ4n) is 20.2. The lowest BCUT2D eigenvalue weighted by Crippen LogP contribution is -2.72. The van der Waals surface area contributed by atoms with Gasteiger partial charge in [-0.25, -0.2) is 0 Å². The van der Waals surface area contributed by atoms with Gasteiger partial charge in [0.05, 0.1) is 82.2 Å². The number of aliphatic hydroxyl groups is 21. The Morgan fingerprint density at radius 2 is 1.05 bits per heavy atom. The summed E-state index contributed by atoms with van der Waals surface area (Å²) in [6, 6.07) is 0. The number of allylic oxidation sites excluding steroid dienone is 2. The van der Waals surface area contributed by atoms with Gasteiger partial charge in [0, 0.05) is 11.3 Å². The molecule has 7 aliphatic heterocycles. The largest absolute Gasteiger partial charge is 0.432 e. The smallest absolute Gasteiger partial charge is 0.315 e. The molecule has 7 saturated heterocycles. The van der Waals surface area contributed by atoms with Crippen molar-refractivity contribution in [3.8, 4) is 0 Å². The molecule has 36 nitrogen and oxygen atoms in total. The number of hydrogen-bond acceptors (Lipinski definition) is 36. The van der Waals surface area contributed by atoms with Crippen molar-refractivity contribution in [2.24, 2.45) is 50.2 Å². The Bertz CT molecular complexity index is 3010. The number of rotatable bonds is 18. The summed E-state index contributed by atoms with van der Waals surface area (Å²) in [7, 11) is 0. The second kappa shape index (κ2) is 30.6. The highest BCUT2D eigenvalue weighted by atomic mass is 16.8. The number of carbonyl (C=O) groups is 1. The maximum absolute atomic E-state index is 15.7. The molecule has 105 heavy (non-hydrogen) atoms. The average Bonchev–Trinajstić information content (AvgIpc) is 0.868. The minimum Gasteiger partial charge on any atom is -0.432 e. The molecule has 5 aliphatic carbocycles. The van der Waals surface area contributed by atoms with Gasteiger partial charge in [-0.15, -0.1) is 0 Å². The van der Waals surface area contributed by atoms with Gasteiger partial charge in [-0.2, -0.15) is 0 Å². The highest BCUT2D eigenvalue weighted by Gasteiger charge is 2.74. The molecule has 0 aromatic rings. The van der Waals surface area contributed by atoms with E-state index in [1.54, 1.807) is 6.92 Å². The number of fused-ring (bicyclic) bond motifs is 7. The molecule has 0 bridgehead atoms. The van der Waals surface area contributed by atoms with Gasteiger partial charge in [0.15, 0.2) is 43.8 Å². The summed E-state index contributed by atoms with van der Waals surface area (Å²) in [6.07, 6.45) is -52.7. The Morgan fingerprint density at radius 1 is 0.486 bits per heavy atom. The molecule has 604 valence electrons. The van der Waals surface area contributed by atoms with E-state index in [-0.39, 0.29) is 30.6 Å². The topological polar surface area (TPSA) is 571 Å². The Hall–Kier alpha value is -2.15. The van der Waals surface area contributed by atoms with Crippen molar-refractivity contribution in [2.75, 3.05) is 46.2 Å². The van der Waals surface area contributed by atoms with Crippen LogP contribution in [0.5, 0.6) is 0 Å². The first kappa shape index (κ1) is 82.3. The predicted octanol–water partition coefficient (Wildman–Crippen LogP) is -7.67. The molecular formula is C69H112O36. The molecule has 11 fully saturated rings. The summed E-state index contributed by atoms with van der Waals surface area (Å²) in [5, 5.41) is 235. The van der Waals surface area contributed by atoms with E-state index in [1.165, 1.54) is 13.8 Å². The minimum atomic E-state index is -2.14. The maximum Gasteiger partial charge on any atom is 0.315 e. The fraction of sp³-hybridized carbons (Fsp3) is 0.957. The highest BCUT2D eigenvalue weighted by molar-refractivity contribution is 5.79. The molecule has 36 heteroatoms. The third-order valence-electron chi connectivity index (χ3n) is 26.6. The second-order valence-electron chi connectivity index (χ2n) is 33.7. The number of ether oxygens (including phenoxy) is 14. The van der Waals surface area contributed by atoms with Gasteiger partial charge in [-0.1, -0.05) is 53.2 Å². The molecule has 4 saturated carbocycles. The van der Waals surface area contributed by atoms with E-state index in [1.807, 2.05) is 6.92 Å². The van der Waals surface area contributed by atoms with Crippen LogP contribution in [0.25, 0.3) is 0 Å². The van der Waals surface area contributed by atoms with Crippen molar-refractivity contribution < 1.29 is 178 Å². The lowest BCUT2D eigenvalue weighted by atomic mass is 9.33. The average molecular weight is 1520 g/mol. The number of aliphatic hydroxyl groups excluding tert-OH is 20. The van der Waals surface area contributed by atoms with Crippen LogP contribution < -0.4 is 0 Å². The molecule has 42 unspecified atom stereocenters. The van der Waals surface area contributed by atoms with Crippen LogP contribution in [0.3, 0.4) is 0 Å². The summed E-state index contributed by atoms with van der Waals surface area (Å²) in [5.41, 5.74) is -6.80. The SMILES string of the molecule is CC1OC(OC2C(CO)OC(OC3C(O)C(C)OC(OC4C(OC(=O)C56CCC(C)(C)CC5C5=CCC7C8(C)CC(O)C(O)C(C)(COC9OC(CO)C(O)C(O)C9OC9OCC(O)(CO)C9O)C8C(O)CC7(C)C5(C)CC6)OCC(O)C4O)C3O)C(OC3OCC(O)C(O)C3O)C2O)C(O)C(O)C1O. The quantitative estimate of drug-likeness (QED) is 0.0448. The summed E-state index contributed by atoms with van der Waals surface area (Å²) in [4.78, 5) is 15.7. The van der Waals surface area contributed by atoms with Crippen LogP contribution in [0.15, 0.2) is 11.6 Å². The van der Waals surface area contributed by atoms with Crippen molar-refractivity contribution in [2.45, 2.75) is 315 Å². The predicted molar refractivity (Wildman–Crippen MR) is 344 cm³/mol. The summed E-state index contributed by atoms with van der Waals surface area (Å²) in [5.74, 6) is -2.36. The van der Waals surface area contributed by atoms with Crippen LogP contribution in [0.2, 0.25) is 0 Å². The van der Waals surface area contributed by atoms with Gasteiger partial charge in [0.25, 0.3) is 0 Å². The third-order valence-corrected chi connectivity index (χ3v) is 26.6. The Morgan fingerprint density at radius 3 is 1.70 bits per heavy atom. The zero-order valence-corrected chi connectivity index (χ0v) is 60.0. The number of hydrogen-bond donors (Lipinski definition) is 21. The minimum absolute atomic E-state index is 0.0367. The standard InChI is InChI=1S/C69H112O36/c1-25-36(77)41(82)44(85)56(96-25)100-47-34(19-71)99-60(51(45(47)86)102-55-43(84)38(79)31(75)20-92-55)101-48-37(78)26(2)97-57(46(48)87)103-49-39(80)32(76)21-93-58(49)105-62(90)68-13-11-63(3,4)15-28(68)27-9-10-35-64(5)16-30(74)53(88)65(6,52(64)29(73)17-67(35,8)66(27,7)12-14-68)23-94-59-50(42(83)40(81)33(18-70)98-59)104-61-54(89)69(91,22-72)24-95-61/h9,25-26,28-61,70-89,91H,10-24H2,1-8H3. The van der Waals surface area contributed by atoms with Crippen molar-refractivity contribution >= 4 is 5.97 Å². The van der Waals surface area contributed by atoms with Gasteiger partial charge in [-0.3, -0.25) is 4.79 Å². The number of esters is 1. The van der Waals surface area contributed by atoms with Crippen LogP contribution in [0.4, 0.5) is 0 Å². The first-order valence-electron chi connectivity index (χ1n) is 36.6. The first-order chi connectivity index (χ1) is 49.2. The summed E-state index contributed by atoms with van der Waals surface area (Å²) < 4.78 is 83.8. The fourth-order valence-corrected chi connectivity index (χ4v) is 20.2. The first-order valence-corrected chi connectivity index (χ1v) is 36.6. The highest BCUT2D eigenvalue weighted by Crippen LogP contribution is 2.76. The Labute approximate surface area is 605 Å². The maximum atomic E-state index is 15.7. The molecule has 0 aromatic heterocycles. The molecule has 0 radical (unpaired) electrons. The zero-order chi connectivity index (χ0) is 76.7. The molecule has 0 amide bonds. The van der Waals surface area contributed by atoms with Gasteiger partial charge in [0.1, 0.15) is 128 Å². The van der Waals surface area contributed by atoms with E-state index < -0.39 is 299 Å². The lowest BCUT2D eigenvalue weighted by molar-refractivity contribution is -0.401. The van der Waals surface area contributed by atoms with Gasteiger partial charge >= 0.3 is 5.97 Å². The molecule has 12 aliphatic rings. The van der Waals surface area contributed by atoms with E-state index >= 15 is 4.79 Å². The van der Waals surface area contributed by atoms with Crippen LogP contribution in [-0.2, 0) is 71.1 Å². The van der Waals surface area contributed by atoms with E-state index in [9.17, 15) is 107 Å². The van der Waals surface area contributed by atoms with Crippen molar-refractivity contribution in [3.05, 3.63) is 11.6 Å².